The maximum atomic E-state index is 12.3. The molecule has 110 valence electrons. The summed E-state index contributed by atoms with van der Waals surface area (Å²) < 4.78 is 5.21. The number of hydrazine groups is 1. The van der Waals surface area contributed by atoms with Crippen LogP contribution in [0, 0.1) is 0 Å². The number of ether oxygens (including phenoxy) is 1. The van der Waals surface area contributed by atoms with Crippen LogP contribution in [0.1, 0.15) is 43.1 Å². The van der Waals surface area contributed by atoms with Crippen molar-refractivity contribution < 1.29 is 9.53 Å². The minimum atomic E-state index is -0.258. The van der Waals surface area contributed by atoms with Gasteiger partial charge in [0, 0.05) is 5.56 Å². The first-order chi connectivity index (χ1) is 10.1. The Kier molecular flexibility index (Phi) is 3.33. The first-order valence-electron chi connectivity index (χ1n) is 7.37. The molecule has 0 saturated carbocycles. The summed E-state index contributed by atoms with van der Waals surface area (Å²) >= 11 is 0. The van der Waals surface area contributed by atoms with Crippen LogP contribution in [0.25, 0.3) is 11.1 Å². The Balaban J connectivity index is 2.26. The topological polar surface area (TPSA) is 50.4 Å². The van der Waals surface area contributed by atoms with Crippen LogP contribution in [0.2, 0.25) is 0 Å². The number of hydrogen-bond acceptors (Lipinski definition) is 4. The van der Waals surface area contributed by atoms with E-state index < -0.39 is 0 Å². The van der Waals surface area contributed by atoms with Gasteiger partial charge >= 0.3 is 5.97 Å². The predicted molar refractivity (Wildman–Crippen MR) is 83.4 cm³/mol. The molecule has 0 amide bonds. The molecule has 0 saturated heterocycles. The van der Waals surface area contributed by atoms with Gasteiger partial charge in [-0.3, -0.25) is 0 Å². The smallest absolute Gasteiger partial charge is 0.338 e. The zero-order valence-electron chi connectivity index (χ0n) is 12.6. The van der Waals surface area contributed by atoms with Crippen molar-refractivity contribution >= 4 is 11.7 Å². The van der Waals surface area contributed by atoms with Crippen molar-refractivity contribution in [1.82, 2.24) is 5.43 Å². The van der Waals surface area contributed by atoms with Crippen LogP contribution in [0.3, 0.4) is 0 Å². The average Bonchev–Trinajstić information content (AvgIpc) is 2.75. The molecule has 0 aromatic rings. The van der Waals surface area contributed by atoms with E-state index in [1.54, 1.807) is 0 Å². The zero-order chi connectivity index (χ0) is 15.0. The zero-order valence-corrected chi connectivity index (χ0v) is 12.6. The minimum absolute atomic E-state index is 0.204. The minimum Gasteiger partial charge on any atom is -0.462 e. The lowest BCUT2D eigenvalue weighted by atomic mass is 9.86. The molecule has 1 aliphatic heterocycles. The molecule has 2 aliphatic carbocycles. The van der Waals surface area contributed by atoms with Crippen molar-refractivity contribution in [3.63, 3.8) is 0 Å². The Morgan fingerprint density at radius 1 is 1.29 bits per heavy atom. The Labute approximate surface area is 124 Å². The van der Waals surface area contributed by atoms with Crippen molar-refractivity contribution in [2.75, 3.05) is 12.0 Å². The molecule has 0 spiro atoms. The normalized spacial score (nSPS) is 20.1. The molecule has 4 nitrogen and oxygen atoms in total. The molecule has 0 bridgehead atoms. The van der Waals surface area contributed by atoms with Crippen LogP contribution in [-0.2, 0) is 10.3 Å². The summed E-state index contributed by atoms with van der Waals surface area (Å²) in [4.78, 5) is 12.3. The molecule has 21 heavy (non-hydrogen) atoms. The fourth-order valence-electron chi connectivity index (χ4n) is 2.89. The Morgan fingerprint density at radius 2 is 2.05 bits per heavy atom. The molecule has 1 atom stereocenters. The van der Waals surface area contributed by atoms with Gasteiger partial charge in [-0.25, -0.2) is 10.2 Å². The summed E-state index contributed by atoms with van der Waals surface area (Å²) in [5.74, 6) is -0.258. The average molecular weight is 284 g/mol. The number of hydrogen-bond donors (Lipinski definition) is 2. The third-order valence-corrected chi connectivity index (χ3v) is 4.29. The van der Waals surface area contributed by atoms with Gasteiger partial charge < -0.3 is 10.2 Å². The van der Waals surface area contributed by atoms with Gasteiger partial charge in [0.2, 0.25) is 0 Å². The predicted octanol–water partition coefficient (Wildman–Crippen LogP) is 3.52. The Hall–Kier alpha value is -2.07. The van der Waals surface area contributed by atoms with Crippen LogP contribution in [0.4, 0.5) is 5.69 Å². The van der Waals surface area contributed by atoms with Gasteiger partial charge in [0.25, 0.3) is 0 Å². The fourth-order valence-corrected chi connectivity index (χ4v) is 2.89. The molecule has 1 heterocycles. The highest BCUT2D eigenvalue weighted by atomic mass is 16.5. The van der Waals surface area contributed by atoms with Gasteiger partial charge in [0.1, 0.15) is 0 Å². The van der Waals surface area contributed by atoms with Crippen molar-refractivity contribution in [3.8, 4) is 11.1 Å². The summed E-state index contributed by atoms with van der Waals surface area (Å²) in [6, 6.07) is 9.90. The van der Waals surface area contributed by atoms with Crippen LogP contribution in [0.5, 0.6) is 0 Å². The molecule has 3 aliphatic rings. The highest BCUT2D eigenvalue weighted by molar-refractivity contribution is 6.03. The lowest BCUT2D eigenvalue weighted by Crippen LogP contribution is -2.45. The van der Waals surface area contributed by atoms with E-state index in [0.717, 1.165) is 28.8 Å². The van der Waals surface area contributed by atoms with Crippen molar-refractivity contribution in [2.24, 2.45) is 0 Å². The van der Waals surface area contributed by atoms with E-state index in [-0.39, 0.29) is 11.5 Å². The van der Waals surface area contributed by atoms with Crippen molar-refractivity contribution in [2.45, 2.75) is 32.7 Å². The monoisotopic (exact) mass is 284 g/mol. The third-order valence-electron chi connectivity index (χ3n) is 4.29. The van der Waals surface area contributed by atoms with Gasteiger partial charge in [0.15, 0.2) is 0 Å². The van der Waals surface area contributed by atoms with E-state index in [1.165, 1.54) is 0 Å². The first-order valence-corrected chi connectivity index (χ1v) is 7.37. The lowest BCUT2D eigenvalue weighted by molar-refractivity contribution is 0.0527. The molecule has 4 heteroatoms. The van der Waals surface area contributed by atoms with E-state index in [2.05, 4.69) is 24.7 Å². The van der Waals surface area contributed by atoms with E-state index in [1.807, 2.05) is 37.3 Å². The number of esters is 1. The molecule has 0 aromatic heterocycles. The Morgan fingerprint density at radius 3 is 2.76 bits per heavy atom. The van der Waals surface area contributed by atoms with Crippen LogP contribution >= 0.6 is 0 Å². The van der Waals surface area contributed by atoms with Gasteiger partial charge in [-0.15, -0.1) is 0 Å². The maximum absolute atomic E-state index is 12.3. The number of carbonyl (C=O) groups is 1. The van der Waals surface area contributed by atoms with Gasteiger partial charge in [-0.2, -0.15) is 0 Å². The maximum Gasteiger partial charge on any atom is 0.338 e. The summed E-state index contributed by atoms with van der Waals surface area (Å²) in [7, 11) is 0. The van der Waals surface area contributed by atoms with Gasteiger partial charge in [-0.1, -0.05) is 25.1 Å². The van der Waals surface area contributed by atoms with Gasteiger partial charge in [0.05, 0.1) is 23.4 Å². The highest BCUT2D eigenvalue weighted by Gasteiger charge is 2.36. The first kappa shape index (κ1) is 13.9. The van der Waals surface area contributed by atoms with E-state index in [0.29, 0.717) is 12.2 Å². The largest absolute Gasteiger partial charge is 0.462 e. The second kappa shape index (κ2) is 5.04. The highest BCUT2D eigenvalue weighted by Crippen LogP contribution is 2.45. The molecule has 0 radical (unpaired) electrons. The molecular formula is C17H20N2O2. The summed E-state index contributed by atoms with van der Waals surface area (Å²) in [5, 5.41) is 0. The molecule has 1 unspecified atom stereocenters. The quantitative estimate of drug-likeness (QED) is 0.847. The standard InChI is InChI=1S/C17H20N2O2/c1-4-17(3)13-10-12(16(20)21-5-2)11-8-6-7-9-14(15(11)13)18-19-17/h6-10,18-19H,4-5H2,1-3H3. The van der Waals surface area contributed by atoms with Crippen LogP contribution in [0.15, 0.2) is 30.3 Å². The van der Waals surface area contributed by atoms with E-state index in [9.17, 15) is 4.79 Å². The van der Waals surface area contributed by atoms with Crippen molar-refractivity contribution in [3.05, 3.63) is 41.5 Å². The van der Waals surface area contributed by atoms with Crippen LogP contribution < -0.4 is 10.9 Å². The lowest BCUT2D eigenvalue weighted by Gasteiger charge is -2.35. The summed E-state index contributed by atoms with van der Waals surface area (Å²) in [6.07, 6.45) is 0.916. The molecule has 0 aromatic carbocycles. The fraction of sp³-hybridized carbons (Fsp3) is 0.353. The van der Waals surface area contributed by atoms with E-state index in [4.69, 9.17) is 4.74 Å². The molecule has 3 rings (SSSR count). The molecular weight excluding hydrogens is 264 g/mol. The second-order valence-corrected chi connectivity index (χ2v) is 5.55. The Bertz CT molecular complexity index is 668. The summed E-state index contributed by atoms with van der Waals surface area (Å²) in [6.45, 7) is 6.48. The SMILES string of the molecule is CCOC(=O)c1cc2c3c(ccccc1-3)NNC2(C)CC. The molecule has 0 fully saturated rings. The third kappa shape index (κ3) is 2.07. The number of rotatable bonds is 3. The second-order valence-electron chi connectivity index (χ2n) is 5.55. The van der Waals surface area contributed by atoms with E-state index >= 15 is 0 Å². The number of carbonyl (C=O) groups excluding carboxylic acids is 1. The molecule has 2 N–H and O–H groups in total. The van der Waals surface area contributed by atoms with Crippen LogP contribution in [-0.4, -0.2) is 12.6 Å². The number of nitrogens with one attached hydrogen (secondary N) is 2. The van der Waals surface area contributed by atoms with Gasteiger partial charge in [-0.05, 0) is 43.5 Å². The van der Waals surface area contributed by atoms with Crippen molar-refractivity contribution in [1.29, 1.82) is 0 Å². The summed E-state index contributed by atoms with van der Waals surface area (Å²) in [5.41, 5.74) is 11.3. The number of anilines is 1.